The summed E-state index contributed by atoms with van der Waals surface area (Å²) >= 11 is 8.72. The molecule has 0 bridgehead atoms. The highest BCUT2D eigenvalue weighted by Gasteiger charge is 2.16. The minimum atomic E-state index is -0.298. The number of thiocarbonyl (C=S) groups is 1. The molecule has 0 aromatic heterocycles. The monoisotopic (exact) mass is 448 g/mol. The Morgan fingerprint density at radius 1 is 1.15 bits per heavy atom. The third kappa shape index (κ3) is 6.96. The summed E-state index contributed by atoms with van der Waals surface area (Å²) in [6, 6.07) is 15.3. The molecule has 1 unspecified atom stereocenters. The Bertz CT molecular complexity index is 781. The molecule has 6 heteroatoms. The number of nitrogens with one attached hydrogen (secondary N) is 2. The molecule has 2 N–H and O–H groups in total. The van der Waals surface area contributed by atoms with E-state index in [1.165, 1.54) is 0 Å². The standard InChI is InChI=1S/C21H25BrN2O2S/c1-14(2)11-12-26-19-10-9-17(22)13-18(19)20(25)24-21(27)23-15(3)16-7-5-4-6-8-16/h4-10,13-15H,11-12H2,1-3H3,(H2,23,24,25,27). The molecule has 2 aromatic rings. The van der Waals surface area contributed by atoms with Crippen LogP contribution in [0.1, 0.15) is 49.2 Å². The Morgan fingerprint density at radius 2 is 1.85 bits per heavy atom. The van der Waals surface area contributed by atoms with Crippen molar-refractivity contribution in [3.05, 3.63) is 64.1 Å². The number of benzene rings is 2. The van der Waals surface area contributed by atoms with Crippen LogP contribution in [0.2, 0.25) is 0 Å². The number of carbonyl (C=O) groups excluding carboxylic acids is 1. The largest absolute Gasteiger partial charge is 0.493 e. The van der Waals surface area contributed by atoms with Gasteiger partial charge >= 0.3 is 0 Å². The molecule has 4 nitrogen and oxygen atoms in total. The summed E-state index contributed by atoms with van der Waals surface area (Å²) in [5.74, 6) is 0.790. The fraction of sp³-hybridized carbons (Fsp3) is 0.333. The van der Waals surface area contributed by atoms with Crippen molar-refractivity contribution in [3.8, 4) is 5.75 Å². The van der Waals surface area contributed by atoms with Crippen molar-refractivity contribution in [1.29, 1.82) is 0 Å². The highest BCUT2D eigenvalue weighted by Crippen LogP contribution is 2.24. The average Bonchev–Trinajstić information content (AvgIpc) is 2.63. The first-order chi connectivity index (χ1) is 12.9. The van der Waals surface area contributed by atoms with Gasteiger partial charge in [0.1, 0.15) is 5.75 Å². The lowest BCUT2D eigenvalue weighted by Crippen LogP contribution is -2.40. The second kappa shape index (κ2) is 10.4. The first-order valence-electron chi connectivity index (χ1n) is 8.96. The lowest BCUT2D eigenvalue weighted by Gasteiger charge is -2.18. The molecule has 1 amide bonds. The van der Waals surface area contributed by atoms with Crippen LogP contribution in [0.3, 0.4) is 0 Å². The van der Waals surface area contributed by atoms with E-state index in [0.717, 1.165) is 16.5 Å². The molecule has 0 saturated heterocycles. The van der Waals surface area contributed by atoms with Gasteiger partial charge in [-0.1, -0.05) is 60.1 Å². The molecule has 2 rings (SSSR count). The van der Waals surface area contributed by atoms with Gasteiger partial charge in [-0.2, -0.15) is 0 Å². The molecule has 0 fully saturated rings. The Morgan fingerprint density at radius 3 is 2.52 bits per heavy atom. The predicted octanol–water partition coefficient (Wildman–Crippen LogP) is 5.24. The lowest BCUT2D eigenvalue weighted by molar-refractivity contribution is 0.0972. The van der Waals surface area contributed by atoms with Gasteiger partial charge in [-0.15, -0.1) is 0 Å². The quantitative estimate of drug-likeness (QED) is 0.568. The minimum absolute atomic E-state index is 0.0109. The predicted molar refractivity (Wildman–Crippen MR) is 117 cm³/mol. The zero-order valence-corrected chi connectivity index (χ0v) is 18.2. The molecule has 0 aliphatic carbocycles. The lowest BCUT2D eigenvalue weighted by atomic mass is 10.1. The summed E-state index contributed by atoms with van der Waals surface area (Å²) in [6.45, 7) is 6.83. The Kier molecular flexibility index (Phi) is 8.25. The second-order valence-electron chi connectivity index (χ2n) is 6.73. The van der Waals surface area contributed by atoms with Crippen LogP contribution in [-0.4, -0.2) is 17.6 Å². The average molecular weight is 449 g/mol. The number of carbonyl (C=O) groups is 1. The third-order valence-electron chi connectivity index (χ3n) is 4.01. The van der Waals surface area contributed by atoms with Crippen molar-refractivity contribution in [1.82, 2.24) is 10.6 Å². The first-order valence-corrected chi connectivity index (χ1v) is 10.2. The molecular weight excluding hydrogens is 424 g/mol. The molecule has 0 heterocycles. The smallest absolute Gasteiger partial charge is 0.261 e. The molecule has 0 aliphatic rings. The summed E-state index contributed by atoms with van der Waals surface area (Å²) in [6.07, 6.45) is 0.922. The van der Waals surface area contributed by atoms with Crippen LogP contribution in [0.4, 0.5) is 0 Å². The van der Waals surface area contributed by atoms with Gasteiger partial charge in [0.05, 0.1) is 18.2 Å². The van der Waals surface area contributed by atoms with Crippen LogP contribution < -0.4 is 15.4 Å². The van der Waals surface area contributed by atoms with Crippen molar-refractivity contribution < 1.29 is 9.53 Å². The molecule has 27 heavy (non-hydrogen) atoms. The maximum Gasteiger partial charge on any atom is 0.261 e. The van der Waals surface area contributed by atoms with Gasteiger partial charge in [-0.25, -0.2) is 0 Å². The SMILES string of the molecule is CC(C)CCOc1ccc(Br)cc1C(=O)NC(=S)NC(C)c1ccccc1. The minimum Gasteiger partial charge on any atom is -0.493 e. The van der Waals surface area contributed by atoms with Crippen LogP contribution >= 0.6 is 28.1 Å². The van der Waals surface area contributed by atoms with E-state index in [0.29, 0.717) is 23.8 Å². The topological polar surface area (TPSA) is 50.4 Å². The fourth-order valence-electron chi connectivity index (χ4n) is 2.44. The Balaban J connectivity index is 2.01. The maximum atomic E-state index is 12.7. The van der Waals surface area contributed by atoms with Crippen molar-refractivity contribution >= 4 is 39.2 Å². The van der Waals surface area contributed by atoms with Crippen LogP contribution in [-0.2, 0) is 0 Å². The van der Waals surface area contributed by atoms with Crippen LogP contribution in [0.15, 0.2) is 53.0 Å². The molecule has 0 saturated carbocycles. The molecule has 0 aliphatic heterocycles. The van der Waals surface area contributed by atoms with Gasteiger partial charge in [0.2, 0.25) is 0 Å². The summed E-state index contributed by atoms with van der Waals surface area (Å²) < 4.78 is 6.62. The van der Waals surface area contributed by atoms with E-state index < -0.39 is 0 Å². The summed E-state index contributed by atoms with van der Waals surface area (Å²) in [4.78, 5) is 12.7. The highest BCUT2D eigenvalue weighted by molar-refractivity contribution is 9.10. The molecule has 2 aromatic carbocycles. The van der Waals surface area contributed by atoms with Gasteiger partial charge in [-0.05, 0) is 55.2 Å². The molecule has 1 atom stereocenters. The van der Waals surface area contributed by atoms with Crippen LogP contribution in [0.5, 0.6) is 5.75 Å². The van der Waals surface area contributed by atoms with E-state index in [2.05, 4.69) is 40.4 Å². The normalized spacial score (nSPS) is 11.7. The summed E-state index contributed by atoms with van der Waals surface area (Å²) in [7, 11) is 0. The first kappa shape index (κ1) is 21.4. The zero-order valence-electron chi connectivity index (χ0n) is 15.8. The van der Waals surface area contributed by atoms with E-state index in [4.69, 9.17) is 17.0 Å². The third-order valence-corrected chi connectivity index (χ3v) is 4.73. The highest BCUT2D eigenvalue weighted by atomic mass is 79.9. The number of hydrogen-bond acceptors (Lipinski definition) is 3. The van der Waals surface area contributed by atoms with E-state index in [9.17, 15) is 4.79 Å². The van der Waals surface area contributed by atoms with Gasteiger partial charge in [-0.3, -0.25) is 10.1 Å². The van der Waals surface area contributed by atoms with Crippen molar-refractivity contribution in [2.45, 2.75) is 33.2 Å². The molecule has 144 valence electrons. The van der Waals surface area contributed by atoms with Crippen LogP contribution in [0, 0.1) is 5.92 Å². The summed E-state index contributed by atoms with van der Waals surface area (Å²) in [5, 5.41) is 6.16. The van der Waals surface area contributed by atoms with Gasteiger partial charge in [0.15, 0.2) is 5.11 Å². The number of halogens is 1. The van der Waals surface area contributed by atoms with Crippen LogP contribution in [0.25, 0.3) is 0 Å². The van der Waals surface area contributed by atoms with E-state index in [1.54, 1.807) is 12.1 Å². The fourth-order valence-corrected chi connectivity index (χ4v) is 3.07. The Labute approximate surface area is 174 Å². The molecular formula is C21H25BrN2O2S. The summed E-state index contributed by atoms with van der Waals surface area (Å²) in [5.41, 5.74) is 1.54. The Hall–Kier alpha value is -1.92. The van der Waals surface area contributed by atoms with E-state index in [-0.39, 0.29) is 17.1 Å². The van der Waals surface area contributed by atoms with Gasteiger partial charge in [0, 0.05) is 4.47 Å². The van der Waals surface area contributed by atoms with Crippen molar-refractivity contribution in [2.24, 2.45) is 5.92 Å². The van der Waals surface area contributed by atoms with Crippen molar-refractivity contribution in [3.63, 3.8) is 0 Å². The maximum absolute atomic E-state index is 12.7. The number of ether oxygens (including phenoxy) is 1. The van der Waals surface area contributed by atoms with Gasteiger partial charge < -0.3 is 10.1 Å². The second-order valence-corrected chi connectivity index (χ2v) is 8.06. The number of rotatable bonds is 7. The van der Waals surface area contributed by atoms with E-state index >= 15 is 0 Å². The van der Waals surface area contributed by atoms with Crippen molar-refractivity contribution in [2.75, 3.05) is 6.61 Å². The molecule has 0 radical (unpaired) electrons. The number of hydrogen-bond donors (Lipinski definition) is 2. The zero-order chi connectivity index (χ0) is 19.8. The van der Waals surface area contributed by atoms with Gasteiger partial charge in [0.25, 0.3) is 5.91 Å². The van der Waals surface area contributed by atoms with E-state index in [1.807, 2.05) is 43.3 Å². The molecule has 0 spiro atoms. The number of amides is 1.